The maximum Gasteiger partial charge on any atom is 1.00 e. The zero-order chi connectivity index (χ0) is 26.0. The molecule has 2 N–H and O–H groups in total. The van der Waals surface area contributed by atoms with E-state index in [1.165, 1.54) is 25.3 Å². The topological polar surface area (TPSA) is 199 Å². The van der Waals surface area contributed by atoms with Crippen molar-refractivity contribution in [1.29, 1.82) is 0 Å². The summed E-state index contributed by atoms with van der Waals surface area (Å²) in [6.07, 6.45) is 3.14. The molecule has 2 aromatic rings. The number of carbonyl (C=O) groups excluding carboxylic acids is 1. The van der Waals surface area contributed by atoms with Crippen molar-refractivity contribution in [3.63, 3.8) is 0 Å². The number of nitrogens with one attached hydrogen (secondary N) is 2. The average Bonchev–Trinajstić information content (AvgIpc) is 3.58. The van der Waals surface area contributed by atoms with Gasteiger partial charge in [-0.25, -0.2) is 25.3 Å². The molecular weight excluding hydrogens is 570 g/mol. The predicted octanol–water partition coefficient (Wildman–Crippen LogP) is -4.84. The molecule has 1 saturated carbocycles. The number of benzene rings is 2. The van der Waals surface area contributed by atoms with Gasteiger partial charge in [0.25, 0.3) is 0 Å². The molecule has 0 heterocycles. The van der Waals surface area contributed by atoms with E-state index in [4.69, 9.17) is 0 Å². The number of methoxy groups -OCH3 is 1. The van der Waals surface area contributed by atoms with E-state index in [1.807, 2.05) is 0 Å². The standard InChI is InChI=1S/C20H22N2O10S3.2Na/c1-32-12-20(23)21-15-6-4-13(18(10-15)34(26,27)28)2-3-14-5-7-16(11-19(14)35(29,30)31)22-33(24,25)17-8-9-17;;/h2-7,10-11,17,22H,8-9,12H2,1H3,(H,21,23)(H,26,27,28)(H,29,30,31);;/q;2*+1/p-2/b3-2+;;. The van der Waals surface area contributed by atoms with Crippen LogP contribution in [0.5, 0.6) is 0 Å². The number of rotatable bonds is 10. The molecular formula is C20H20N2Na2O10S3. The molecule has 2 aromatic carbocycles. The van der Waals surface area contributed by atoms with E-state index in [1.54, 1.807) is 0 Å². The van der Waals surface area contributed by atoms with Crippen LogP contribution < -0.4 is 69.2 Å². The zero-order valence-electron chi connectivity index (χ0n) is 20.1. The van der Waals surface area contributed by atoms with Crippen LogP contribution in [0.4, 0.5) is 11.4 Å². The minimum absolute atomic E-state index is 0. The number of ether oxygens (including phenoxy) is 1. The molecule has 0 unspecified atom stereocenters. The smallest absolute Gasteiger partial charge is 0.744 e. The fraction of sp³-hybridized carbons (Fsp3) is 0.250. The maximum absolute atomic E-state index is 12.1. The fourth-order valence-electron chi connectivity index (χ4n) is 3.05. The molecule has 0 radical (unpaired) electrons. The number of anilines is 2. The van der Waals surface area contributed by atoms with Gasteiger partial charge in [-0.3, -0.25) is 9.52 Å². The molecule has 190 valence electrons. The van der Waals surface area contributed by atoms with Crippen LogP contribution in [0.1, 0.15) is 24.0 Å². The summed E-state index contributed by atoms with van der Waals surface area (Å²) in [5, 5.41) is 1.77. The number of hydrogen-bond donors (Lipinski definition) is 2. The van der Waals surface area contributed by atoms with E-state index in [2.05, 4.69) is 14.8 Å². The Morgan fingerprint density at radius 3 is 1.78 bits per heavy atom. The average molecular weight is 591 g/mol. The SMILES string of the molecule is COCC(=O)Nc1ccc(/C=C/c2ccc(NS(=O)(=O)C3CC3)cc2S(=O)(=O)[O-])c(S(=O)(=O)[O-])c1.[Na+].[Na+]. The molecule has 12 nitrogen and oxygen atoms in total. The van der Waals surface area contributed by atoms with Crippen molar-refractivity contribution in [2.45, 2.75) is 27.9 Å². The normalized spacial score (nSPS) is 13.9. The summed E-state index contributed by atoms with van der Waals surface area (Å²) in [6, 6.07) is 6.71. The Hall–Kier alpha value is -0.820. The summed E-state index contributed by atoms with van der Waals surface area (Å²) in [4.78, 5) is 10.2. The Morgan fingerprint density at radius 1 is 0.892 bits per heavy atom. The van der Waals surface area contributed by atoms with E-state index in [0.717, 1.165) is 30.4 Å². The molecule has 3 rings (SSSR count). The fourth-order valence-corrected chi connectivity index (χ4v) is 5.82. The van der Waals surface area contributed by atoms with Crippen molar-refractivity contribution in [1.82, 2.24) is 0 Å². The van der Waals surface area contributed by atoms with E-state index >= 15 is 0 Å². The Balaban J connectivity index is 0.00000342. The van der Waals surface area contributed by atoms with Crippen LogP contribution in [0.15, 0.2) is 46.2 Å². The van der Waals surface area contributed by atoms with Crippen molar-refractivity contribution < 1.29 is 103 Å². The third kappa shape index (κ3) is 9.70. The Bertz CT molecular complexity index is 1500. The van der Waals surface area contributed by atoms with Gasteiger partial charge in [0.2, 0.25) is 15.9 Å². The first kappa shape index (κ1) is 34.2. The third-order valence-corrected chi connectivity index (χ3v) is 8.44. The van der Waals surface area contributed by atoms with Crippen molar-refractivity contribution >= 4 is 59.7 Å². The largest absolute Gasteiger partial charge is 1.00 e. The van der Waals surface area contributed by atoms with E-state index in [-0.39, 0.29) is 88.2 Å². The Labute approximate surface area is 259 Å². The van der Waals surface area contributed by atoms with Crippen LogP contribution >= 0.6 is 0 Å². The van der Waals surface area contributed by atoms with Crippen molar-refractivity contribution in [2.75, 3.05) is 23.8 Å². The van der Waals surface area contributed by atoms with Crippen LogP contribution in [-0.2, 0) is 39.8 Å². The molecule has 0 bridgehead atoms. The maximum atomic E-state index is 12.1. The van der Waals surface area contributed by atoms with Crippen LogP contribution in [0.25, 0.3) is 12.2 Å². The molecule has 1 amide bonds. The van der Waals surface area contributed by atoms with E-state index in [0.29, 0.717) is 12.8 Å². The van der Waals surface area contributed by atoms with E-state index in [9.17, 15) is 39.2 Å². The molecule has 1 aliphatic rings. The molecule has 0 aromatic heterocycles. The third-order valence-electron chi connectivity index (χ3n) is 4.79. The second kappa shape index (κ2) is 13.5. The molecule has 17 heteroatoms. The monoisotopic (exact) mass is 590 g/mol. The molecule has 1 aliphatic carbocycles. The predicted molar refractivity (Wildman–Crippen MR) is 124 cm³/mol. The van der Waals surface area contributed by atoms with Gasteiger partial charge >= 0.3 is 59.1 Å². The van der Waals surface area contributed by atoms with Crippen molar-refractivity contribution in [3.05, 3.63) is 47.5 Å². The van der Waals surface area contributed by atoms with Gasteiger partial charge in [0.1, 0.15) is 26.8 Å². The van der Waals surface area contributed by atoms with Crippen molar-refractivity contribution in [3.8, 4) is 0 Å². The van der Waals surface area contributed by atoms with Gasteiger partial charge in [-0.2, -0.15) is 0 Å². The van der Waals surface area contributed by atoms with Gasteiger partial charge < -0.3 is 19.2 Å². The van der Waals surface area contributed by atoms with Crippen LogP contribution in [-0.4, -0.2) is 59.2 Å². The first-order valence-electron chi connectivity index (χ1n) is 9.89. The molecule has 0 aliphatic heterocycles. The molecule has 37 heavy (non-hydrogen) atoms. The van der Waals surface area contributed by atoms with E-state index < -0.39 is 51.2 Å². The number of carbonyl (C=O) groups is 1. The van der Waals surface area contributed by atoms with Gasteiger partial charge in [-0.1, -0.05) is 24.3 Å². The van der Waals surface area contributed by atoms with Gasteiger partial charge in [0.05, 0.1) is 15.0 Å². The number of sulfonamides is 1. The van der Waals surface area contributed by atoms with Crippen LogP contribution in [0.3, 0.4) is 0 Å². The molecule has 0 saturated heterocycles. The number of amides is 1. The van der Waals surface area contributed by atoms with Gasteiger partial charge in [-0.15, -0.1) is 0 Å². The second-order valence-corrected chi connectivity index (χ2v) is 12.2. The quantitative estimate of drug-likeness (QED) is 0.154. The summed E-state index contributed by atoms with van der Waals surface area (Å²) in [7, 11) is -12.5. The number of hydrogen-bond acceptors (Lipinski definition) is 10. The zero-order valence-corrected chi connectivity index (χ0v) is 26.6. The summed E-state index contributed by atoms with van der Waals surface area (Å²) >= 11 is 0. The van der Waals surface area contributed by atoms with Crippen LogP contribution in [0, 0.1) is 0 Å². The first-order valence-corrected chi connectivity index (χ1v) is 14.3. The summed E-state index contributed by atoms with van der Waals surface area (Å²) in [5.41, 5.74) is -0.421. The first-order chi connectivity index (χ1) is 16.2. The van der Waals surface area contributed by atoms with Gasteiger partial charge in [-0.05, 0) is 48.2 Å². The van der Waals surface area contributed by atoms with Crippen LogP contribution in [0.2, 0.25) is 0 Å². The molecule has 1 fully saturated rings. The van der Waals surface area contributed by atoms with Gasteiger partial charge in [0, 0.05) is 18.5 Å². The Morgan fingerprint density at radius 2 is 1.35 bits per heavy atom. The minimum atomic E-state index is -5.06. The molecule has 0 spiro atoms. The summed E-state index contributed by atoms with van der Waals surface area (Å²) < 4.78 is 102. The summed E-state index contributed by atoms with van der Waals surface area (Å²) in [6.45, 7) is -0.305. The minimum Gasteiger partial charge on any atom is -0.744 e. The van der Waals surface area contributed by atoms with Gasteiger partial charge in [0.15, 0.2) is 0 Å². The second-order valence-electron chi connectivity index (χ2n) is 7.57. The summed E-state index contributed by atoms with van der Waals surface area (Å²) in [5.74, 6) is -0.590. The van der Waals surface area contributed by atoms with Crippen molar-refractivity contribution in [2.24, 2.45) is 0 Å². The Kier molecular flexibility index (Phi) is 12.5. The molecule has 0 atom stereocenters.